The molecule has 8 nitrogen and oxygen atoms in total. The van der Waals surface area contributed by atoms with Crippen LogP contribution in [0.4, 0.5) is 5.82 Å². The van der Waals surface area contributed by atoms with Crippen molar-refractivity contribution in [1.29, 1.82) is 0 Å². The van der Waals surface area contributed by atoms with Gasteiger partial charge < -0.3 is 5.11 Å². The second-order valence-electron chi connectivity index (χ2n) is 9.14. The highest BCUT2D eigenvalue weighted by molar-refractivity contribution is 8.25. The van der Waals surface area contributed by atoms with E-state index >= 15 is 0 Å². The van der Waals surface area contributed by atoms with Crippen molar-refractivity contribution in [2.75, 3.05) is 16.6 Å². The lowest BCUT2D eigenvalue weighted by molar-refractivity contribution is 0.102. The molecule has 2 saturated heterocycles. The molecule has 2 aromatic heterocycles. The number of likely N-dealkylation sites (tertiary alicyclic amines) is 1. The van der Waals surface area contributed by atoms with Gasteiger partial charge in [-0.15, -0.1) is 10.8 Å². The van der Waals surface area contributed by atoms with Crippen LogP contribution in [0.2, 0.25) is 0 Å². The molecule has 1 aromatic carbocycles. The number of piperidine rings is 1. The maximum absolute atomic E-state index is 10.8. The summed E-state index contributed by atoms with van der Waals surface area (Å²) >= 11 is 1.40. The van der Waals surface area contributed by atoms with Crippen molar-refractivity contribution in [2.24, 2.45) is 0 Å². The van der Waals surface area contributed by atoms with Gasteiger partial charge in [-0.25, -0.2) is 9.29 Å². The van der Waals surface area contributed by atoms with E-state index in [4.69, 9.17) is 0 Å². The third-order valence-electron chi connectivity index (χ3n) is 6.93. The van der Waals surface area contributed by atoms with Gasteiger partial charge in [0.2, 0.25) is 0 Å². The molecule has 0 bridgehead atoms. The molecule has 4 heterocycles. The number of aryl methyl sites for hydroxylation is 1. The van der Waals surface area contributed by atoms with Crippen LogP contribution in [0.5, 0.6) is 5.75 Å². The maximum Gasteiger partial charge on any atom is 0.165 e. The maximum atomic E-state index is 10.8. The molecule has 0 radical (unpaired) electrons. The van der Waals surface area contributed by atoms with Crippen molar-refractivity contribution in [1.82, 2.24) is 19.2 Å². The van der Waals surface area contributed by atoms with Crippen LogP contribution in [-0.4, -0.2) is 57.3 Å². The summed E-state index contributed by atoms with van der Waals surface area (Å²) in [4.78, 5) is 11.0. The molecule has 33 heavy (non-hydrogen) atoms. The normalized spacial score (nSPS) is 26.1. The second kappa shape index (κ2) is 8.52. The molecule has 2 aliphatic heterocycles. The molecule has 1 spiro atoms. The number of aromatic hydroxyl groups is 1. The van der Waals surface area contributed by atoms with E-state index in [9.17, 15) is 14.2 Å². The van der Waals surface area contributed by atoms with Gasteiger partial charge in [-0.3, -0.25) is 19.0 Å². The number of benzene rings is 1. The Hall–Kier alpha value is -2.24. The molecule has 3 aromatic rings. The third kappa shape index (κ3) is 4.10. The van der Waals surface area contributed by atoms with Gasteiger partial charge in [0.15, 0.2) is 5.82 Å². The third-order valence-corrected chi connectivity index (χ3v) is 9.59. The Kier molecular flexibility index (Phi) is 5.82. The van der Waals surface area contributed by atoms with E-state index in [1.807, 2.05) is 24.4 Å². The molecule has 5 rings (SSSR count). The summed E-state index contributed by atoms with van der Waals surface area (Å²) in [5, 5.41) is 12.4. The first kappa shape index (κ1) is 22.5. The van der Waals surface area contributed by atoms with Crippen LogP contribution in [-0.2, 0) is 6.54 Å². The van der Waals surface area contributed by atoms with Gasteiger partial charge in [0, 0.05) is 42.5 Å². The summed E-state index contributed by atoms with van der Waals surface area (Å²) in [6.45, 7) is 5.80. The fourth-order valence-corrected chi connectivity index (χ4v) is 8.05. The van der Waals surface area contributed by atoms with E-state index < -0.39 is 10.8 Å². The standard InChI is InChI=1S/C23H29N5O3S2/c1-16-15-32-26-22(16)19-11-18(3-4-20(19)29)14-27-9-5-23(12-17(27)2)6-10-33(30,31)28(23)21-13-24-7-8-25-21/h3-4,7-8,11,13,15,17,29-31H,5-6,9-10,12,14H2,1-2H3/t17-,23-/m0/s1. The van der Waals surface area contributed by atoms with E-state index in [0.29, 0.717) is 11.6 Å². The predicted molar refractivity (Wildman–Crippen MR) is 133 cm³/mol. The highest BCUT2D eigenvalue weighted by Gasteiger charge is 2.53. The van der Waals surface area contributed by atoms with Gasteiger partial charge in [0.05, 0.1) is 23.2 Å². The Bertz CT molecular complexity index is 1140. The first-order valence-electron chi connectivity index (χ1n) is 11.1. The van der Waals surface area contributed by atoms with Gasteiger partial charge in [-0.1, -0.05) is 6.07 Å². The average molecular weight is 488 g/mol. The molecule has 0 aliphatic carbocycles. The molecular formula is C23H29N5O3S2. The fourth-order valence-electron chi connectivity index (χ4n) is 5.27. The summed E-state index contributed by atoms with van der Waals surface area (Å²) < 4.78 is 27.9. The number of rotatable bonds is 4. The topological polar surface area (TPSA) is 106 Å². The van der Waals surface area contributed by atoms with Crippen molar-refractivity contribution in [3.8, 4) is 17.0 Å². The smallest absolute Gasteiger partial charge is 0.165 e. The molecule has 2 atom stereocenters. The number of anilines is 1. The summed E-state index contributed by atoms with van der Waals surface area (Å²) in [6.07, 6.45) is 7.19. The minimum absolute atomic E-state index is 0.240. The molecule has 3 N–H and O–H groups in total. The van der Waals surface area contributed by atoms with E-state index in [1.54, 1.807) is 29.0 Å². The van der Waals surface area contributed by atoms with E-state index in [1.165, 1.54) is 11.5 Å². The van der Waals surface area contributed by atoms with Crippen molar-refractivity contribution in [3.05, 3.63) is 53.3 Å². The fraction of sp³-hybridized carbons (Fsp3) is 0.435. The minimum atomic E-state index is -2.91. The Morgan fingerprint density at radius 3 is 2.79 bits per heavy atom. The van der Waals surface area contributed by atoms with E-state index in [-0.39, 0.29) is 17.3 Å². The average Bonchev–Trinajstić information content (AvgIpc) is 3.32. The zero-order valence-corrected chi connectivity index (χ0v) is 20.4. The minimum Gasteiger partial charge on any atom is -0.507 e. The summed E-state index contributed by atoms with van der Waals surface area (Å²) in [7, 11) is -2.91. The van der Waals surface area contributed by atoms with Gasteiger partial charge in [-0.2, -0.15) is 4.37 Å². The molecule has 0 amide bonds. The quantitative estimate of drug-likeness (QED) is 0.477. The zero-order chi connectivity index (χ0) is 23.2. The SMILES string of the molecule is Cc1csnc1-c1cc(CN2CC[C@]3(CCS(O)(O)N3c3cnccn3)C[C@@H]2C)ccc1O. The van der Waals surface area contributed by atoms with Crippen LogP contribution < -0.4 is 4.31 Å². The zero-order valence-electron chi connectivity index (χ0n) is 18.8. The number of hydrogen-bond donors (Lipinski definition) is 3. The summed E-state index contributed by atoms with van der Waals surface area (Å²) in [5.74, 6) is 1.15. The predicted octanol–water partition coefficient (Wildman–Crippen LogP) is 4.91. The highest BCUT2D eigenvalue weighted by Crippen LogP contribution is 2.60. The molecule has 0 unspecified atom stereocenters. The van der Waals surface area contributed by atoms with Crippen LogP contribution in [0.25, 0.3) is 11.3 Å². The number of hydrogen-bond acceptors (Lipinski definition) is 9. The van der Waals surface area contributed by atoms with E-state index in [0.717, 1.165) is 54.7 Å². The summed E-state index contributed by atoms with van der Waals surface area (Å²) in [5.41, 5.74) is 3.46. The molecule has 2 aliphatic rings. The number of nitrogens with zero attached hydrogens (tertiary/aromatic N) is 5. The Balaban J connectivity index is 1.36. The molecule has 10 heteroatoms. The van der Waals surface area contributed by atoms with Gasteiger partial charge >= 0.3 is 0 Å². The lowest BCUT2D eigenvalue weighted by atomic mass is 9.81. The number of aromatic nitrogens is 3. The van der Waals surface area contributed by atoms with Gasteiger partial charge in [0.25, 0.3) is 0 Å². The molecular weight excluding hydrogens is 458 g/mol. The van der Waals surface area contributed by atoms with Crippen molar-refractivity contribution in [3.63, 3.8) is 0 Å². The van der Waals surface area contributed by atoms with Crippen molar-refractivity contribution in [2.45, 2.75) is 51.2 Å². The van der Waals surface area contributed by atoms with Crippen molar-refractivity contribution < 1.29 is 14.2 Å². The molecule has 0 saturated carbocycles. The van der Waals surface area contributed by atoms with Crippen LogP contribution in [0.3, 0.4) is 0 Å². The van der Waals surface area contributed by atoms with Gasteiger partial charge in [0.1, 0.15) is 5.75 Å². The van der Waals surface area contributed by atoms with Crippen LogP contribution in [0.15, 0.2) is 42.2 Å². The number of phenolic OH excluding ortho intramolecular Hbond substituents is 1. The second-order valence-corrected chi connectivity index (χ2v) is 11.8. The molecule has 176 valence electrons. The first-order valence-corrected chi connectivity index (χ1v) is 13.6. The first-order chi connectivity index (χ1) is 15.8. The largest absolute Gasteiger partial charge is 0.507 e. The Labute approximate surface area is 199 Å². The van der Waals surface area contributed by atoms with Crippen LogP contribution >= 0.6 is 22.3 Å². The number of phenols is 1. The Morgan fingerprint density at radius 1 is 1.24 bits per heavy atom. The van der Waals surface area contributed by atoms with Gasteiger partial charge in [-0.05, 0) is 67.9 Å². The van der Waals surface area contributed by atoms with Crippen LogP contribution in [0.1, 0.15) is 37.3 Å². The highest BCUT2D eigenvalue weighted by atomic mass is 32.3. The van der Waals surface area contributed by atoms with Crippen LogP contribution in [0, 0.1) is 6.92 Å². The van der Waals surface area contributed by atoms with Crippen molar-refractivity contribution >= 4 is 28.1 Å². The van der Waals surface area contributed by atoms with E-state index in [2.05, 4.69) is 26.2 Å². The summed E-state index contributed by atoms with van der Waals surface area (Å²) in [6, 6.07) is 5.99. The monoisotopic (exact) mass is 487 g/mol. The lowest BCUT2D eigenvalue weighted by Crippen LogP contribution is -2.55. The lowest BCUT2D eigenvalue weighted by Gasteiger charge is -2.51. The Morgan fingerprint density at radius 2 is 2.09 bits per heavy atom. The molecule has 2 fully saturated rings.